The molecule has 3 heteroatoms. The van der Waals surface area contributed by atoms with Gasteiger partial charge in [-0.2, -0.15) is 0 Å². The van der Waals surface area contributed by atoms with Crippen molar-refractivity contribution < 1.29 is 4.79 Å². The third-order valence-corrected chi connectivity index (χ3v) is 3.56. The molecule has 19 heavy (non-hydrogen) atoms. The fraction of sp³-hybridized carbons (Fsp3) is 0.188. The first kappa shape index (κ1) is 11.9. The zero-order valence-electron chi connectivity index (χ0n) is 10.6. The van der Waals surface area contributed by atoms with Gasteiger partial charge < -0.3 is 11.1 Å². The van der Waals surface area contributed by atoms with Crippen molar-refractivity contribution in [3.8, 4) is 0 Å². The average molecular weight is 252 g/mol. The molecule has 1 unspecified atom stereocenters. The second-order valence-corrected chi connectivity index (χ2v) is 4.84. The lowest BCUT2D eigenvalue weighted by molar-refractivity contribution is 0.0956. The SMILES string of the molecule is NCc1ccc2c(c1)C(Cc1ccccc1)NC2=O. The summed E-state index contributed by atoms with van der Waals surface area (Å²) >= 11 is 0. The number of hydrogen-bond donors (Lipinski definition) is 2. The highest BCUT2D eigenvalue weighted by atomic mass is 16.2. The molecule has 1 amide bonds. The van der Waals surface area contributed by atoms with Crippen molar-refractivity contribution in [2.45, 2.75) is 19.0 Å². The molecule has 0 fully saturated rings. The van der Waals surface area contributed by atoms with E-state index in [1.54, 1.807) is 0 Å². The van der Waals surface area contributed by atoms with Crippen molar-refractivity contribution >= 4 is 5.91 Å². The number of fused-ring (bicyclic) bond motifs is 1. The van der Waals surface area contributed by atoms with E-state index in [-0.39, 0.29) is 11.9 Å². The Kier molecular flexibility index (Phi) is 3.05. The second-order valence-electron chi connectivity index (χ2n) is 4.84. The molecule has 0 aliphatic carbocycles. The molecule has 3 rings (SSSR count). The van der Waals surface area contributed by atoms with Gasteiger partial charge in [-0.15, -0.1) is 0 Å². The Balaban J connectivity index is 1.92. The zero-order valence-corrected chi connectivity index (χ0v) is 10.6. The molecule has 1 aliphatic rings. The Morgan fingerprint density at radius 2 is 1.84 bits per heavy atom. The van der Waals surface area contributed by atoms with Crippen LogP contribution in [0.5, 0.6) is 0 Å². The van der Waals surface area contributed by atoms with E-state index in [9.17, 15) is 4.79 Å². The van der Waals surface area contributed by atoms with Crippen LogP contribution in [-0.4, -0.2) is 5.91 Å². The number of amides is 1. The summed E-state index contributed by atoms with van der Waals surface area (Å²) in [7, 11) is 0. The van der Waals surface area contributed by atoms with E-state index in [1.807, 2.05) is 36.4 Å². The first-order valence-corrected chi connectivity index (χ1v) is 6.45. The molecule has 1 heterocycles. The zero-order chi connectivity index (χ0) is 13.2. The normalized spacial score (nSPS) is 17.1. The summed E-state index contributed by atoms with van der Waals surface area (Å²) < 4.78 is 0. The van der Waals surface area contributed by atoms with Crippen LogP contribution in [0.2, 0.25) is 0 Å². The molecule has 0 bridgehead atoms. The lowest BCUT2D eigenvalue weighted by Crippen LogP contribution is -2.20. The molecule has 0 saturated carbocycles. The van der Waals surface area contributed by atoms with Crippen molar-refractivity contribution in [1.29, 1.82) is 0 Å². The van der Waals surface area contributed by atoms with Crippen LogP contribution in [0, 0.1) is 0 Å². The molecule has 3 nitrogen and oxygen atoms in total. The molecule has 2 aromatic carbocycles. The van der Waals surface area contributed by atoms with Crippen molar-refractivity contribution in [2.75, 3.05) is 0 Å². The molecule has 1 aliphatic heterocycles. The van der Waals surface area contributed by atoms with Crippen molar-refractivity contribution in [2.24, 2.45) is 5.73 Å². The standard InChI is InChI=1S/C16H16N2O/c17-10-12-6-7-13-14(8-12)15(18-16(13)19)9-11-4-2-1-3-5-11/h1-8,15H,9-10,17H2,(H,18,19). The minimum absolute atomic E-state index is 0.0134. The van der Waals surface area contributed by atoms with Gasteiger partial charge in [-0.05, 0) is 29.2 Å². The van der Waals surface area contributed by atoms with Gasteiger partial charge in [0, 0.05) is 12.1 Å². The Morgan fingerprint density at radius 1 is 1.05 bits per heavy atom. The Labute approximate surface area is 112 Å². The van der Waals surface area contributed by atoms with E-state index in [0.29, 0.717) is 6.54 Å². The highest BCUT2D eigenvalue weighted by Crippen LogP contribution is 2.29. The van der Waals surface area contributed by atoms with Crippen LogP contribution in [0.3, 0.4) is 0 Å². The molecule has 0 radical (unpaired) electrons. The van der Waals surface area contributed by atoms with Gasteiger partial charge in [-0.25, -0.2) is 0 Å². The van der Waals surface area contributed by atoms with E-state index in [1.165, 1.54) is 5.56 Å². The summed E-state index contributed by atoms with van der Waals surface area (Å²) in [5, 5.41) is 3.04. The predicted molar refractivity (Wildman–Crippen MR) is 74.7 cm³/mol. The lowest BCUT2D eigenvalue weighted by atomic mass is 9.97. The van der Waals surface area contributed by atoms with E-state index in [0.717, 1.165) is 23.1 Å². The summed E-state index contributed by atoms with van der Waals surface area (Å²) in [4.78, 5) is 11.9. The third kappa shape index (κ3) is 2.25. The maximum absolute atomic E-state index is 11.9. The fourth-order valence-corrected chi connectivity index (χ4v) is 2.56. The van der Waals surface area contributed by atoms with Gasteiger partial charge in [0.1, 0.15) is 0 Å². The van der Waals surface area contributed by atoms with Crippen molar-refractivity contribution in [3.63, 3.8) is 0 Å². The van der Waals surface area contributed by atoms with E-state index in [4.69, 9.17) is 5.73 Å². The number of carbonyl (C=O) groups is 1. The number of rotatable bonds is 3. The number of carbonyl (C=O) groups excluding carboxylic acids is 1. The molecule has 96 valence electrons. The molecule has 0 saturated heterocycles. The minimum atomic E-state index is 0.0134. The van der Waals surface area contributed by atoms with Crippen molar-refractivity contribution in [1.82, 2.24) is 5.32 Å². The molecule has 0 aromatic heterocycles. The Bertz CT molecular complexity index is 607. The molecular formula is C16H16N2O. The highest BCUT2D eigenvalue weighted by Gasteiger charge is 2.28. The predicted octanol–water partition coefficient (Wildman–Crippen LogP) is 2.17. The maximum atomic E-state index is 11.9. The summed E-state index contributed by atoms with van der Waals surface area (Å²) in [6.45, 7) is 0.500. The van der Waals surface area contributed by atoms with Crippen LogP contribution in [0.25, 0.3) is 0 Å². The van der Waals surface area contributed by atoms with Gasteiger partial charge >= 0.3 is 0 Å². The molecule has 2 aromatic rings. The van der Waals surface area contributed by atoms with Gasteiger partial charge in [0.15, 0.2) is 0 Å². The first-order valence-electron chi connectivity index (χ1n) is 6.45. The Morgan fingerprint density at radius 3 is 2.58 bits per heavy atom. The average Bonchev–Trinajstić information content (AvgIpc) is 2.76. The quantitative estimate of drug-likeness (QED) is 0.879. The highest BCUT2D eigenvalue weighted by molar-refractivity contribution is 5.99. The molecule has 3 N–H and O–H groups in total. The first-order chi connectivity index (χ1) is 9.28. The van der Waals surface area contributed by atoms with Gasteiger partial charge in [0.05, 0.1) is 6.04 Å². The monoisotopic (exact) mass is 252 g/mol. The number of benzene rings is 2. The number of nitrogens with one attached hydrogen (secondary N) is 1. The molecule has 0 spiro atoms. The summed E-state index contributed by atoms with van der Waals surface area (Å²) in [5.74, 6) is 0.0134. The lowest BCUT2D eigenvalue weighted by Gasteiger charge is -2.12. The number of hydrogen-bond acceptors (Lipinski definition) is 2. The Hall–Kier alpha value is -2.13. The summed E-state index contributed by atoms with van der Waals surface area (Å²) in [5.41, 5.74) is 9.80. The van der Waals surface area contributed by atoms with Gasteiger partial charge in [-0.3, -0.25) is 4.79 Å². The van der Waals surface area contributed by atoms with E-state index >= 15 is 0 Å². The van der Waals surface area contributed by atoms with Gasteiger partial charge in [0.2, 0.25) is 0 Å². The summed E-state index contributed by atoms with van der Waals surface area (Å²) in [6.07, 6.45) is 0.813. The fourth-order valence-electron chi connectivity index (χ4n) is 2.56. The topological polar surface area (TPSA) is 55.1 Å². The van der Waals surface area contributed by atoms with Crippen LogP contribution >= 0.6 is 0 Å². The van der Waals surface area contributed by atoms with Crippen LogP contribution in [0.4, 0.5) is 0 Å². The largest absolute Gasteiger partial charge is 0.345 e. The van der Waals surface area contributed by atoms with Gasteiger partial charge in [-0.1, -0.05) is 42.5 Å². The second kappa shape index (κ2) is 4.86. The third-order valence-electron chi connectivity index (χ3n) is 3.56. The van der Waals surface area contributed by atoms with Crippen LogP contribution in [-0.2, 0) is 13.0 Å². The van der Waals surface area contributed by atoms with Crippen LogP contribution < -0.4 is 11.1 Å². The smallest absolute Gasteiger partial charge is 0.252 e. The minimum Gasteiger partial charge on any atom is -0.345 e. The summed E-state index contributed by atoms with van der Waals surface area (Å²) in [6, 6.07) is 16.1. The molecular weight excluding hydrogens is 236 g/mol. The maximum Gasteiger partial charge on any atom is 0.252 e. The van der Waals surface area contributed by atoms with E-state index < -0.39 is 0 Å². The molecule has 1 atom stereocenters. The number of nitrogens with two attached hydrogens (primary N) is 1. The van der Waals surface area contributed by atoms with Gasteiger partial charge in [0.25, 0.3) is 5.91 Å². The van der Waals surface area contributed by atoms with Crippen LogP contribution in [0.15, 0.2) is 48.5 Å². The van der Waals surface area contributed by atoms with E-state index in [2.05, 4.69) is 17.4 Å². The van der Waals surface area contributed by atoms with Crippen molar-refractivity contribution in [3.05, 3.63) is 70.8 Å². The van der Waals surface area contributed by atoms with Crippen LogP contribution in [0.1, 0.15) is 33.1 Å².